The first-order valence-electron chi connectivity index (χ1n) is 28.5. The first-order chi connectivity index (χ1) is 41.3. The number of furan rings is 2. The lowest BCUT2D eigenvalue weighted by Crippen LogP contribution is -2.29. The van der Waals surface area contributed by atoms with E-state index < -0.39 is 0 Å². The van der Waals surface area contributed by atoms with Gasteiger partial charge in [-0.3, -0.25) is 14.4 Å². The Labute approximate surface area is 486 Å². The van der Waals surface area contributed by atoms with Crippen LogP contribution >= 0.6 is 0 Å². The van der Waals surface area contributed by atoms with Gasteiger partial charge in [-0.05, 0) is 110 Å². The van der Waals surface area contributed by atoms with Crippen molar-refractivity contribution < 1.29 is 23.2 Å². The molecule has 13 nitrogen and oxygen atoms in total. The highest BCUT2D eigenvalue weighted by Crippen LogP contribution is 2.35. The van der Waals surface area contributed by atoms with Gasteiger partial charge in [0.25, 0.3) is 0 Å². The van der Waals surface area contributed by atoms with Gasteiger partial charge in [-0.1, -0.05) is 140 Å². The van der Waals surface area contributed by atoms with Crippen molar-refractivity contribution in [3.8, 4) is 67.9 Å². The fraction of sp³-hybridized carbons (Fsp3) is 0.169. The van der Waals surface area contributed by atoms with E-state index in [9.17, 15) is 14.4 Å². The Morgan fingerprint density at radius 2 is 0.643 bits per heavy atom. The molecule has 0 N–H and O–H groups in total. The third-order valence-electron chi connectivity index (χ3n) is 15.0. The molecule has 13 heteroatoms. The lowest BCUT2D eigenvalue weighted by Gasteiger charge is -2.15. The molecule has 0 saturated carbocycles. The summed E-state index contributed by atoms with van der Waals surface area (Å²) >= 11 is 0. The van der Waals surface area contributed by atoms with E-state index in [0.717, 1.165) is 147 Å². The smallest absolute Gasteiger partial charge is 0.226 e. The van der Waals surface area contributed by atoms with Crippen LogP contribution in [0.3, 0.4) is 0 Å². The van der Waals surface area contributed by atoms with Gasteiger partial charge in [-0.25, -0.2) is 29.9 Å². The number of fused-ring (bicyclic) bond motifs is 3. The van der Waals surface area contributed by atoms with Crippen molar-refractivity contribution in [2.45, 2.75) is 51.9 Å². The molecule has 2 saturated heterocycles. The highest BCUT2D eigenvalue weighted by molar-refractivity contribution is 5.90. The maximum Gasteiger partial charge on any atom is 0.226 e. The summed E-state index contributed by atoms with van der Waals surface area (Å²) in [6.07, 6.45) is 8.84. The molecular formula is C71H60N8O5. The topological polar surface area (TPSA) is 161 Å². The molecule has 2 aliphatic rings. The zero-order valence-corrected chi connectivity index (χ0v) is 46.6. The average molecular weight is 1110 g/mol. The van der Waals surface area contributed by atoms with E-state index in [0.29, 0.717) is 42.2 Å². The van der Waals surface area contributed by atoms with Crippen molar-refractivity contribution in [2.75, 3.05) is 26.2 Å². The standard InChI is InChI=1S/C26H23N3O.C23H18N2O.C22H19N3O3/c30-24(29-15-7-8-16-29)18-19-13-14-22-23(17-19)28-26(21-11-5-2-6-12-21)25(27-22)20-9-3-1-4-10-20;1-16(26)14-17-12-13-20-21(15-17)25-23(19-10-6-3-7-11-19)22(24-20)18-8-4-2-5-9-18;26-20(25-9-1-2-10-25)14-15-7-8-16-17(13-15)24-22(19-6-4-12-28-19)21(23-16)18-5-3-11-27-18/h1-6,9-14,17H,7-8,15-16,18H2;2-13,15H,14H2,1H3;3-8,11-13H,1-2,9-10,14H2. The third kappa shape index (κ3) is 12.6. The molecule has 7 heterocycles. The molecule has 0 radical (unpaired) electrons. The minimum Gasteiger partial charge on any atom is -0.463 e. The normalized spacial score (nSPS) is 12.9. The number of nitrogens with zero attached hydrogens (tertiary/aromatic N) is 8. The Morgan fingerprint density at radius 3 is 0.952 bits per heavy atom. The Kier molecular flexibility index (Phi) is 16.3. The first-order valence-corrected chi connectivity index (χ1v) is 28.5. The quantitative estimate of drug-likeness (QED) is 0.114. The molecule has 0 unspecified atom stereocenters. The van der Waals surface area contributed by atoms with Crippen LogP contribution in [0.5, 0.6) is 0 Å². The number of amides is 2. The molecule has 2 fully saturated rings. The Balaban J connectivity index is 0.000000124. The van der Waals surface area contributed by atoms with E-state index >= 15 is 0 Å². The third-order valence-corrected chi connectivity index (χ3v) is 15.0. The predicted molar refractivity (Wildman–Crippen MR) is 329 cm³/mol. The van der Waals surface area contributed by atoms with Crippen LogP contribution < -0.4 is 0 Å². The lowest BCUT2D eigenvalue weighted by atomic mass is 10.0. The van der Waals surface area contributed by atoms with E-state index in [2.05, 4.69) is 24.3 Å². The fourth-order valence-electron chi connectivity index (χ4n) is 10.8. The molecule has 0 atom stereocenters. The highest BCUT2D eigenvalue weighted by atomic mass is 16.3. The monoisotopic (exact) mass is 1100 g/mol. The zero-order valence-electron chi connectivity index (χ0n) is 46.6. The molecule has 14 rings (SSSR count). The molecule has 12 aromatic rings. The number of hydrogen-bond donors (Lipinski definition) is 0. The predicted octanol–water partition coefficient (Wildman–Crippen LogP) is 14.5. The van der Waals surface area contributed by atoms with E-state index in [4.69, 9.17) is 38.7 Å². The first kappa shape index (κ1) is 54.3. The van der Waals surface area contributed by atoms with Crippen LogP contribution in [0, 0.1) is 0 Å². The molecule has 5 aromatic heterocycles. The number of carbonyl (C=O) groups is 3. The summed E-state index contributed by atoms with van der Waals surface area (Å²) in [6, 6.07) is 65.5. The number of likely N-dealkylation sites (tertiary alicyclic amines) is 2. The number of benzene rings is 7. The summed E-state index contributed by atoms with van der Waals surface area (Å²) in [5.41, 5.74) is 16.5. The van der Waals surface area contributed by atoms with Crippen LogP contribution in [-0.4, -0.2) is 83.5 Å². The molecule has 0 spiro atoms. The van der Waals surface area contributed by atoms with Gasteiger partial charge in [0.2, 0.25) is 11.8 Å². The number of hydrogen-bond acceptors (Lipinski definition) is 11. The molecule has 84 heavy (non-hydrogen) atoms. The van der Waals surface area contributed by atoms with Gasteiger partial charge in [0, 0.05) is 54.9 Å². The van der Waals surface area contributed by atoms with Crippen LogP contribution in [-0.2, 0) is 33.6 Å². The van der Waals surface area contributed by atoms with Gasteiger partial charge >= 0.3 is 0 Å². The van der Waals surface area contributed by atoms with Crippen molar-refractivity contribution in [3.63, 3.8) is 0 Å². The maximum atomic E-state index is 12.6. The van der Waals surface area contributed by atoms with Crippen molar-refractivity contribution in [1.82, 2.24) is 39.7 Å². The number of Topliss-reactive ketones (excluding diaryl/α,β-unsaturated/α-hetero) is 1. The van der Waals surface area contributed by atoms with Crippen LogP contribution in [0.1, 0.15) is 49.3 Å². The van der Waals surface area contributed by atoms with Gasteiger partial charge in [0.15, 0.2) is 11.5 Å². The molecule has 0 aliphatic carbocycles. The minimum atomic E-state index is 0.140. The van der Waals surface area contributed by atoms with Gasteiger partial charge in [-0.15, -0.1) is 0 Å². The zero-order chi connectivity index (χ0) is 57.2. The van der Waals surface area contributed by atoms with Gasteiger partial charge in [0.1, 0.15) is 17.2 Å². The van der Waals surface area contributed by atoms with Gasteiger partial charge < -0.3 is 18.6 Å². The second-order valence-corrected chi connectivity index (χ2v) is 21.1. The number of carbonyl (C=O) groups excluding carboxylic acids is 3. The molecule has 7 aromatic carbocycles. The van der Waals surface area contributed by atoms with Crippen molar-refractivity contribution in [2.24, 2.45) is 0 Å². The average Bonchev–Trinajstić information content (AvgIpc) is 3.53. The molecule has 2 amide bonds. The van der Waals surface area contributed by atoms with Gasteiger partial charge in [-0.2, -0.15) is 0 Å². The molecular weight excluding hydrogens is 1040 g/mol. The molecule has 0 bridgehead atoms. The SMILES string of the molecule is CC(=O)Cc1ccc2nc(-c3ccccc3)c(-c3ccccc3)nc2c1.O=C(Cc1ccc2nc(-c3ccccc3)c(-c3ccccc3)nc2c1)N1CCCC1.O=C(Cc1ccc2nc(-c3ccco3)c(-c3ccco3)nc2c1)N1CCCC1. The van der Waals surface area contributed by atoms with Crippen LogP contribution in [0.15, 0.2) is 222 Å². The molecule has 2 aliphatic heterocycles. The minimum absolute atomic E-state index is 0.140. The highest BCUT2D eigenvalue weighted by Gasteiger charge is 2.22. The van der Waals surface area contributed by atoms with Crippen LogP contribution in [0.4, 0.5) is 0 Å². The second-order valence-electron chi connectivity index (χ2n) is 21.1. The summed E-state index contributed by atoms with van der Waals surface area (Å²) < 4.78 is 11.1. The largest absolute Gasteiger partial charge is 0.463 e. The number of aromatic nitrogens is 6. The van der Waals surface area contributed by atoms with Crippen LogP contribution in [0.2, 0.25) is 0 Å². The van der Waals surface area contributed by atoms with Crippen molar-refractivity contribution in [1.29, 1.82) is 0 Å². The summed E-state index contributed by atoms with van der Waals surface area (Å²) in [6.45, 7) is 5.09. The summed E-state index contributed by atoms with van der Waals surface area (Å²) in [5, 5.41) is 0. The summed E-state index contributed by atoms with van der Waals surface area (Å²) in [5.74, 6) is 1.77. The van der Waals surface area contributed by atoms with Gasteiger partial charge in [0.05, 0.1) is 81.2 Å². The number of ketones is 1. The van der Waals surface area contributed by atoms with Crippen molar-refractivity contribution >= 4 is 50.7 Å². The summed E-state index contributed by atoms with van der Waals surface area (Å²) in [7, 11) is 0. The van der Waals surface area contributed by atoms with Crippen molar-refractivity contribution in [3.05, 3.63) is 229 Å². The molecule has 414 valence electrons. The Hall–Kier alpha value is -10.3. The Morgan fingerprint density at radius 1 is 0.345 bits per heavy atom. The summed E-state index contributed by atoms with van der Waals surface area (Å²) in [4.78, 5) is 69.7. The second kappa shape index (κ2) is 25.3. The number of rotatable bonds is 12. The fourth-order valence-corrected chi connectivity index (χ4v) is 10.8. The Bertz CT molecular complexity index is 4240. The lowest BCUT2D eigenvalue weighted by molar-refractivity contribution is -0.130. The maximum absolute atomic E-state index is 12.6. The van der Waals surface area contributed by atoms with E-state index in [1.165, 1.54) is 0 Å². The van der Waals surface area contributed by atoms with E-state index in [-0.39, 0.29) is 17.6 Å². The van der Waals surface area contributed by atoms with Crippen LogP contribution in [0.25, 0.3) is 101 Å². The van der Waals surface area contributed by atoms with E-state index in [1.807, 2.05) is 186 Å². The van der Waals surface area contributed by atoms with E-state index in [1.54, 1.807) is 19.5 Å².